The normalized spacial score (nSPS) is 11.0. The highest BCUT2D eigenvalue weighted by Gasteiger charge is 2.08. The largest absolute Gasteiger partial charge is 0.497 e. The highest BCUT2D eigenvalue weighted by molar-refractivity contribution is 6.04. The highest BCUT2D eigenvalue weighted by atomic mass is 19.1. The van der Waals surface area contributed by atoms with Crippen molar-refractivity contribution in [1.29, 1.82) is 0 Å². The van der Waals surface area contributed by atoms with Gasteiger partial charge >= 0.3 is 0 Å². The zero-order valence-electron chi connectivity index (χ0n) is 13.2. The van der Waals surface area contributed by atoms with E-state index < -0.39 is 0 Å². The molecule has 1 amide bonds. The van der Waals surface area contributed by atoms with E-state index in [9.17, 15) is 9.18 Å². The summed E-state index contributed by atoms with van der Waals surface area (Å²) in [6, 6.07) is 11.0. The average molecular weight is 315 g/mol. The standard InChI is InChI=1S/C18H18FNO3/c1-12(16-9-8-15(22-2)11-17(16)23-3)10-18(21)20-14-6-4-13(19)5-7-14/h4-11H,1-3H3,(H,20,21)/b12-10+. The van der Waals surface area contributed by atoms with Gasteiger partial charge < -0.3 is 14.8 Å². The first-order valence-electron chi connectivity index (χ1n) is 7.00. The number of nitrogens with one attached hydrogen (secondary N) is 1. The number of hydrogen-bond donors (Lipinski definition) is 1. The number of ether oxygens (including phenoxy) is 2. The lowest BCUT2D eigenvalue weighted by Gasteiger charge is -2.11. The molecule has 0 aliphatic heterocycles. The van der Waals surface area contributed by atoms with Gasteiger partial charge in [0.1, 0.15) is 17.3 Å². The number of halogens is 1. The predicted molar refractivity (Wildman–Crippen MR) is 88.2 cm³/mol. The molecule has 0 heterocycles. The Morgan fingerprint density at radius 3 is 2.39 bits per heavy atom. The van der Waals surface area contributed by atoms with E-state index >= 15 is 0 Å². The first-order chi connectivity index (χ1) is 11.0. The van der Waals surface area contributed by atoms with Gasteiger partial charge in [-0.1, -0.05) is 0 Å². The molecule has 0 aliphatic rings. The van der Waals surface area contributed by atoms with Crippen molar-refractivity contribution in [3.8, 4) is 11.5 Å². The first kappa shape index (κ1) is 16.5. The fourth-order valence-corrected chi connectivity index (χ4v) is 2.11. The van der Waals surface area contributed by atoms with Crippen LogP contribution in [0.15, 0.2) is 48.5 Å². The Morgan fingerprint density at radius 1 is 1.09 bits per heavy atom. The van der Waals surface area contributed by atoms with E-state index in [1.165, 1.54) is 30.3 Å². The highest BCUT2D eigenvalue weighted by Crippen LogP contribution is 2.29. The SMILES string of the molecule is COc1ccc(/C(C)=C/C(=O)Nc2ccc(F)cc2)c(OC)c1. The van der Waals surface area contributed by atoms with Crippen LogP contribution in [0.5, 0.6) is 11.5 Å². The van der Waals surface area contributed by atoms with Crippen LogP contribution in [0.4, 0.5) is 10.1 Å². The number of methoxy groups -OCH3 is 2. The van der Waals surface area contributed by atoms with E-state index in [0.717, 1.165) is 11.1 Å². The monoisotopic (exact) mass is 315 g/mol. The van der Waals surface area contributed by atoms with E-state index in [1.807, 2.05) is 13.0 Å². The number of benzene rings is 2. The maximum Gasteiger partial charge on any atom is 0.248 e. The van der Waals surface area contributed by atoms with Gasteiger partial charge in [-0.25, -0.2) is 4.39 Å². The molecule has 0 fully saturated rings. The van der Waals surface area contributed by atoms with Crippen LogP contribution >= 0.6 is 0 Å². The lowest BCUT2D eigenvalue weighted by molar-refractivity contribution is -0.111. The van der Waals surface area contributed by atoms with Crippen LogP contribution in [0.2, 0.25) is 0 Å². The summed E-state index contributed by atoms with van der Waals surface area (Å²) < 4.78 is 23.3. The van der Waals surface area contributed by atoms with Crippen LogP contribution in [0.25, 0.3) is 5.57 Å². The molecule has 4 nitrogen and oxygen atoms in total. The molecule has 0 saturated carbocycles. The second kappa shape index (κ2) is 7.45. The summed E-state index contributed by atoms with van der Waals surface area (Å²) in [4.78, 5) is 12.1. The van der Waals surface area contributed by atoms with Crippen LogP contribution in [0.3, 0.4) is 0 Å². The van der Waals surface area contributed by atoms with Crippen molar-refractivity contribution in [2.45, 2.75) is 6.92 Å². The van der Waals surface area contributed by atoms with Gasteiger partial charge in [0.25, 0.3) is 0 Å². The lowest BCUT2D eigenvalue weighted by Crippen LogP contribution is -2.08. The first-order valence-corrected chi connectivity index (χ1v) is 7.00. The van der Waals surface area contributed by atoms with Gasteiger partial charge in [-0.3, -0.25) is 4.79 Å². The third-order valence-corrected chi connectivity index (χ3v) is 3.29. The molecule has 5 heteroatoms. The minimum absolute atomic E-state index is 0.299. The van der Waals surface area contributed by atoms with E-state index in [4.69, 9.17) is 9.47 Å². The number of allylic oxidation sites excluding steroid dienone is 1. The Hall–Kier alpha value is -2.82. The molecule has 2 aromatic carbocycles. The van der Waals surface area contributed by atoms with Gasteiger partial charge in [0.05, 0.1) is 14.2 Å². The molecule has 2 aromatic rings. The topological polar surface area (TPSA) is 47.6 Å². The van der Waals surface area contributed by atoms with E-state index in [0.29, 0.717) is 17.2 Å². The Morgan fingerprint density at radius 2 is 1.78 bits per heavy atom. The molecule has 0 aromatic heterocycles. The van der Waals surface area contributed by atoms with E-state index in [2.05, 4.69) is 5.32 Å². The molecule has 0 atom stereocenters. The van der Waals surface area contributed by atoms with Crippen molar-refractivity contribution in [1.82, 2.24) is 0 Å². The summed E-state index contributed by atoms with van der Waals surface area (Å²) in [7, 11) is 3.14. The van der Waals surface area contributed by atoms with Gasteiger partial charge in [-0.2, -0.15) is 0 Å². The zero-order chi connectivity index (χ0) is 16.8. The summed E-state index contributed by atoms with van der Waals surface area (Å²) in [5.74, 6) is 0.645. The van der Waals surface area contributed by atoms with Crippen molar-refractivity contribution in [2.75, 3.05) is 19.5 Å². The molecule has 0 unspecified atom stereocenters. The fourth-order valence-electron chi connectivity index (χ4n) is 2.11. The molecule has 0 aliphatic carbocycles. The van der Waals surface area contributed by atoms with Crippen molar-refractivity contribution in [3.05, 3.63) is 59.9 Å². The Labute approximate surface area is 134 Å². The van der Waals surface area contributed by atoms with Crippen molar-refractivity contribution in [2.24, 2.45) is 0 Å². The third kappa shape index (κ3) is 4.32. The summed E-state index contributed by atoms with van der Waals surface area (Å²) in [6.45, 7) is 1.81. The second-order valence-corrected chi connectivity index (χ2v) is 4.89. The summed E-state index contributed by atoms with van der Waals surface area (Å²) >= 11 is 0. The maximum atomic E-state index is 12.9. The second-order valence-electron chi connectivity index (χ2n) is 4.89. The van der Waals surface area contributed by atoms with Crippen LogP contribution < -0.4 is 14.8 Å². The van der Waals surface area contributed by atoms with Crippen molar-refractivity contribution in [3.63, 3.8) is 0 Å². The molecule has 1 N–H and O–H groups in total. The van der Waals surface area contributed by atoms with Crippen molar-refractivity contribution >= 4 is 17.2 Å². The molecular weight excluding hydrogens is 297 g/mol. The average Bonchev–Trinajstić information content (AvgIpc) is 2.56. The molecule has 2 rings (SSSR count). The lowest BCUT2D eigenvalue weighted by atomic mass is 10.1. The minimum atomic E-state index is -0.349. The number of anilines is 1. The van der Waals surface area contributed by atoms with Crippen LogP contribution in [-0.4, -0.2) is 20.1 Å². The number of carbonyl (C=O) groups excluding carboxylic acids is 1. The van der Waals surface area contributed by atoms with E-state index in [-0.39, 0.29) is 11.7 Å². The quantitative estimate of drug-likeness (QED) is 0.852. The maximum absolute atomic E-state index is 12.9. The Balaban J connectivity index is 2.18. The van der Waals surface area contributed by atoms with Gasteiger partial charge in [0.15, 0.2) is 0 Å². The molecule has 0 radical (unpaired) electrons. The van der Waals surface area contributed by atoms with Crippen molar-refractivity contribution < 1.29 is 18.7 Å². The molecular formula is C18H18FNO3. The number of amides is 1. The van der Waals surface area contributed by atoms with Crippen LogP contribution in [-0.2, 0) is 4.79 Å². The van der Waals surface area contributed by atoms with Gasteiger partial charge in [-0.05, 0) is 48.9 Å². The smallest absolute Gasteiger partial charge is 0.248 e. The van der Waals surface area contributed by atoms with Gasteiger partial charge in [0, 0.05) is 23.4 Å². The third-order valence-electron chi connectivity index (χ3n) is 3.29. The molecule has 0 bridgehead atoms. The summed E-state index contributed by atoms with van der Waals surface area (Å²) in [5, 5.41) is 2.68. The minimum Gasteiger partial charge on any atom is -0.497 e. The Bertz CT molecular complexity index is 724. The molecule has 0 spiro atoms. The fraction of sp³-hybridized carbons (Fsp3) is 0.167. The van der Waals surface area contributed by atoms with Gasteiger partial charge in [0.2, 0.25) is 5.91 Å². The van der Waals surface area contributed by atoms with Gasteiger partial charge in [-0.15, -0.1) is 0 Å². The Kier molecular flexibility index (Phi) is 5.36. The number of hydrogen-bond acceptors (Lipinski definition) is 3. The van der Waals surface area contributed by atoms with Crippen LogP contribution in [0, 0.1) is 5.82 Å². The molecule has 0 saturated heterocycles. The van der Waals surface area contributed by atoms with E-state index in [1.54, 1.807) is 26.4 Å². The summed E-state index contributed by atoms with van der Waals surface area (Å²) in [5.41, 5.74) is 2.06. The molecule has 23 heavy (non-hydrogen) atoms. The number of carbonyl (C=O) groups is 1. The predicted octanol–water partition coefficient (Wildman–Crippen LogP) is 3.88. The zero-order valence-corrected chi connectivity index (χ0v) is 13.2. The summed E-state index contributed by atoms with van der Waals surface area (Å²) in [6.07, 6.45) is 1.47. The number of rotatable bonds is 5. The van der Waals surface area contributed by atoms with Crippen LogP contribution in [0.1, 0.15) is 12.5 Å². The molecule has 120 valence electrons.